The summed E-state index contributed by atoms with van der Waals surface area (Å²) in [6.07, 6.45) is -0.835. The van der Waals surface area contributed by atoms with Gasteiger partial charge in [-0.3, -0.25) is 9.46 Å². The number of esters is 1. The second-order valence-electron chi connectivity index (χ2n) is 10.5. The molecule has 3 rings (SSSR count). The lowest BCUT2D eigenvalue weighted by Gasteiger charge is -2.36. The molecule has 0 aliphatic carbocycles. The highest BCUT2D eigenvalue weighted by Crippen LogP contribution is 2.65. The van der Waals surface area contributed by atoms with E-state index < -0.39 is 31.7 Å². The summed E-state index contributed by atoms with van der Waals surface area (Å²) in [4.78, 5) is 15.8. The summed E-state index contributed by atoms with van der Waals surface area (Å²) < 4.78 is 32.3. The van der Waals surface area contributed by atoms with Crippen molar-refractivity contribution in [2.45, 2.75) is 66.2 Å². The van der Waals surface area contributed by atoms with E-state index in [0.29, 0.717) is 40.9 Å². The molecule has 0 fully saturated rings. The highest BCUT2D eigenvalue weighted by atomic mass is 31.2. The number of nitriles is 1. The van der Waals surface area contributed by atoms with Gasteiger partial charge in [0.2, 0.25) is 0 Å². The summed E-state index contributed by atoms with van der Waals surface area (Å²) >= 11 is 0. The molecule has 0 bridgehead atoms. The molecule has 0 amide bonds. The number of ether oxygens (including phenoxy) is 1. The molecule has 0 radical (unpaired) electrons. The van der Waals surface area contributed by atoms with Crippen LogP contribution in [0.5, 0.6) is 0 Å². The van der Waals surface area contributed by atoms with Crippen LogP contribution in [-0.2, 0) is 29.7 Å². The first-order valence-electron chi connectivity index (χ1n) is 13.5. The van der Waals surface area contributed by atoms with Crippen LogP contribution in [0.4, 0.5) is 0 Å². The number of benzene rings is 2. The van der Waals surface area contributed by atoms with Gasteiger partial charge in [0.15, 0.2) is 0 Å². The quantitative estimate of drug-likeness (QED) is 0.231. The SMILES string of the molecule is CC1=C(C(=O)OCCN(C)Cc2ccccc2)C(c2ccccc2C#N)C(P(=O)(OC(C)C)OC(C)C)=C(C)N1. The van der Waals surface area contributed by atoms with E-state index in [0.717, 1.165) is 5.56 Å². The predicted octanol–water partition coefficient (Wildman–Crippen LogP) is 6.47. The van der Waals surface area contributed by atoms with E-state index in [1.807, 2.05) is 25.2 Å². The van der Waals surface area contributed by atoms with Crippen molar-refractivity contribution in [2.24, 2.45) is 0 Å². The molecule has 40 heavy (non-hydrogen) atoms. The summed E-state index contributed by atoms with van der Waals surface area (Å²) in [6, 6.07) is 19.3. The Hall–Kier alpha value is -3.21. The summed E-state index contributed by atoms with van der Waals surface area (Å²) in [7, 11) is -1.98. The summed E-state index contributed by atoms with van der Waals surface area (Å²) in [5.41, 5.74) is 3.44. The number of hydrogen-bond donors (Lipinski definition) is 1. The van der Waals surface area contributed by atoms with E-state index in [1.54, 1.807) is 65.8 Å². The second kappa shape index (κ2) is 13.9. The van der Waals surface area contributed by atoms with Gasteiger partial charge in [-0.25, -0.2) is 4.79 Å². The minimum absolute atomic E-state index is 0.159. The van der Waals surface area contributed by atoms with Crippen LogP contribution in [0.25, 0.3) is 0 Å². The number of likely N-dealkylation sites (N-methyl/N-ethyl adjacent to an activating group) is 1. The molecule has 1 aliphatic rings. The molecule has 9 heteroatoms. The minimum Gasteiger partial charge on any atom is -0.461 e. The average molecular weight is 566 g/mol. The molecule has 2 aromatic carbocycles. The molecule has 0 saturated heterocycles. The van der Waals surface area contributed by atoms with Gasteiger partial charge < -0.3 is 19.1 Å². The highest BCUT2D eigenvalue weighted by molar-refractivity contribution is 7.58. The zero-order valence-corrected chi connectivity index (χ0v) is 25.3. The van der Waals surface area contributed by atoms with Crippen LogP contribution in [0.15, 0.2) is 76.9 Å². The maximum absolute atomic E-state index is 14.5. The van der Waals surface area contributed by atoms with Crippen molar-refractivity contribution in [2.75, 3.05) is 20.2 Å². The van der Waals surface area contributed by atoms with E-state index in [9.17, 15) is 14.6 Å². The molecule has 0 saturated carbocycles. The van der Waals surface area contributed by atoms with Crippen LogP contribution in [-0.4, -0.2) is 43.3 Å². The van der Waals surface area contributed by atoms with Gasteiger partial charge in [0.1, 0.15) is 6.61 Å². The molecule has 214 valence electrons. The zero-order valence-electron chi connectivity index (χ0n) is 24.4. The van der Waals surface area contributed by atoms with E-state index in [4.69, 9.17) is 13.8 Å². The third kappa shape index (κ3) is 7.71. The van der Waals surface area contributed by atoms with Gasteiger partial charge in [-0.1, -0.05) is 48.5 Å². The van der Waals surface area contributed by atoms with Gasteiger partial charge in [-0.15, -0.1) is 0 Å². The average Bonchev–Trinajstić information content (AvgIpc) is 2.87. The first-order valence-corrected chi connectivity index (χ1v) is 15.1. The summed E-state index contributed by atoms with van der Waals surface area (Å²) in [5, 5.41) is 13.5. The third-order valence-corrected chi connectivity index (χ3v) is 8.92. The molecule has 1 heterocycles. The Bertz CT molecular complexity index is 1330. The molecule has 1 aliphatic heterocycles. The number of carbonyl (C=O) groups excluding carboxylic acids is 1. The predicted molar refractivity (Wildman–Crippen MR) is 156 cm³/mol. The number of allylic oxidation sites excluding steroid dienone is 3. The highest BCUT2D eigenvalue weighted by Gasteiger charge is 2.46. The Balaban J connectivity index is 1.99. The summed E-state index contributed by atoms with van der Waals surface area (Å²) in [6.45, 7) is 12.1. The fraction of sp³-hybridized carbons (Fsp3) is 0.419. The number of carbonyl (C=O) groups is 1. The smallest absolute Gasteiger partial charge is 0.360 e. The van der Waals surface area contributed by atoms with Crippen LogP contribution in [0.1, 0.15) is 64.2 Å². The number of nitrogens with zero attached hydrogens (tertiary/aromatic N) is 2. The first kappa shape index (κ1) is 31.3. The van der Waals surface area contributed by atoms with E-state index >= 15 is 0 Å². The zero-order chi connectivity index (χ0) is 29.4. The van der Waals surface area contributed by atoms with Gasteiger partial charge in [0.05, 0.1) is 40.6 Å². The van der Waals surface area contributed by atoms with Gasteiger partial charge in [0, 0.05) is 24.5 Å². The molecule has 2 aromatic rings. The normalized spacial score (nSPS) is 16.0. The first-order chi connectivity index (χ1) is 19.0. The second-order valence-corrected chi connectivity index (χ2v) is 12.4. The Kier molecular flexibility index (Phi) is 10.9. The van der Waals surface area contributed by atoms with Crippen molar-refractivity contribution in [3.05, 3.63) is 93.6 Å². The molecule has 0 aromatic heterocycles. The van der Waals surface area contributed by atoms with Crippen molar-refractivity contribution < 1.29 is 23.1 Å². The van der Waals surface area contributed by atoms with Crippen LogP contribution >= 0.6 is 7.60 Å². The van der Waals surface area contributed by atoms with Crippen molar-refractivity contribution in [1.82, 2.24) is 10.2 Å². The number of nitrogens with one attached hydrogen (secondary N) is 1. The Morgan fingerprint density at radius 2 is 1.60 bits per heavy atom. The number of rotatable bonds is 12. The maximum Gasteiger partial charge on any atom is 0.360 e. The monoisotopic (exact) mass is 565 g/mol. The Labute approximate surface area is 238 Å². The van der Waals surface area contributed by atoms with Crippen LogP contribution < -0.4 is 5.32 Å². The Morgan fingerprint density at radius 3 is 2.20 bits per heavy atom. The lowest BCUT2D eigenvalue weighted by atomic mass is 9.84. The molecular formula is C31H40N3O5P. The maximum atomic E-state index is 14.5. The molecular weight excluding hydrogens is 525 g/mol. The largest absolute Gasteiger partial charge is 0.461 e. The molecule has 1 unspecified atom stereocenters. The lowest BCUT2D eigenvalue weighted by Crippen LogP contribution is -2.32. The molecule has 0 spiro atoms. The number of hydrogen-bond acceptors (Lipinski definition) is 8. The van der Waals surface area contributed by atoms with Gasteiger partial charge >= 0.3 is 13.6 Å². The summed E-state index contributed by atoms with van der Waals surface area (Å²) in [5.74, 6) is -1.42. The third-order valence-electron chi connectivity index (χ3n) is 6.33. The van der Waals surface area contributed by atoms with Crippen molar-refractivity contribution in [3.8, 4) is 6.07 Å². The van der Waals surface area contributed by atoms with E-state index in [2.05, 4.69) is 28.4 Å². The van der Waals surface area contributed by atoms with E-state index in [1.165, 1.54) is 0 Å². The number of dihydropyridines is 1. The Morgan fingerprint density at radius 1 is 1.00 bits per heavy atom. The van der Waals surface area contributed by atoms with Crippen LogP contribution in [0, 0.1) is 11.3 Å². The minimum atomic E-state index is -3.94. The van der Waals surface area contributed by atoms with Gasteiger partial charge in [-0.2, -0.15) is 5.26 Å². The van der Waals surface area contributed by atoms with Crippen LogP contribution in [0.3, 0.4) is 0 Å². The fourth-order valence-electron chi connectivity index (χ4n) is 4.81. The van der Waals surface area contributed by atoms with E-state index in [-0.39, 0.29) is 12.2 Å². The van der Waals surface area contributed by atoms with Crippen LogP contribution in [0.2, 0.25) is 0 Å². The van der Waals surface area contributed by atoms with Gasteiger partial charge in [0.25, 0.3) is 0 Å². The molecule has 8 nitrogen and oxygen atoms in total. The van der Waals surface area contributed by atoms with Crippen molar-refractivity contribution >= 4 is 13.6 Å². The van der Waals surface area contributed by atoms with Crippen molar-refractivity contribution in [3.63, 3.8) is 0 Å². The topological polar surface area (TPSA) is 101 Å². The molecule has 1 N–H and O–H groups in total. The fourth-order valence-corrected chi connectivity index (χ4v) is 7.25. The standard InChI is InChI=1S/C31H40N3O5P/c1-21(2)38-40(36,39-22(3)4)30-24(6)33-23(5)28(29(30)27-16-12-11-15-26(27)19-32)31(35)37-18-17-34(7)20-25-13-9-8-10-14-25/h8-16,21-22,29,33H,17-18,20H2,1-7H3. The molecule has 1 atom stereocenters. The van der Waals surface area contributed by atoms with Crippen molar-refractivity contribution in [1.29, 1.82) is 5.26 Å². The van der Waals surface area contributed by atoms with Gasteiger partial charge in [-0.05, 0) is 65.8 Å². The lowest BCUT2D eigenvalue weighted by molar-refractivity contribution is -0.139.